The van der Waals surface area contributed by atoms with Gasteiger partial charge in [-0.15, -0.1) is 0 Å². The van der Waals surface area contributed by atoms with Crippen LogP contribution in [0.2, 0.25) is 0 Å². The highest BCUT2D eigenvalue weighted by atomic mass is 16.6. The van der Waals surface area contributed by atoms with Gasteiger partial charge in [-0.05, 0) is 44.5 Å². The number of ether oxygens (including phenoxy) is 2. The van der Waals surface area contributed by atoms with Crippen LogP contribution >= 0.6 is 0 Å². The van der Waals surface area contributed by atoms with E-state index in [2.05, 4.69) is 10.6 Å². The Balaban J connectivity index is 2.09. The largest absolute Gasteiger partial charge is 0.467 e. The minimum absolute atomic E-state index is 0.292. The molecular weight excluding hydrogens is 372 g/mol. The van der Waals surface area contributed by atoms with Crippen LogP contribution in [0.4, 0.5) is 10.5 Å². The Kier molecular flexibility index (Phi) is 7.36. The van der Waals surface area contributed by atoms with Gasteiger partial charge in [-0.2, -0.15) is 0 Å². The number of benzene rings is 2. The zero-order valence-corrected chi connectivity index (χ0v) is 17.0. The van der Waals surface area contributed by atoms with Gasteiger partial charge < -0.3 is 14.8 Å². The van der Waals surface area contributed by atoms with Crippen LogP contribution in [0.25, 0.3) is 0 Å². The number of carbonyl (C=O) groups is 3. The van der Waals surface area contributed by atoms with Gasteiger partial charge in [0.2, 0.25) is 0 Å². The maximum atomic E-state index is 12.7. The van der Waals surface area contributed by atoms with Crippen molar-refractivity contribution in [1.82, 2.24) is 5.32 Å². The molecule has 0 saturated heterocycles. The van der Waals surface area contributed by atoms with E-state index in [1.165, 1.54) is 13.2 Å². The van der Waals surface area contributed by atoms with Crippen molar-refractivity contribution in [3.63, 3.8) is 0 Å². The number of esters is 1. The van der Waals surface area contributed by atoms with E-state index in [1.54, 1.807) is 39.0 Å². The smallest absolute Gasteiger partial charge is 0.412 e. The Morgan fingerprint density at radius 3 is 2.31 bits per heavy atom. The molecule has 0 aromatic heterocycles. The molecule has 0 bridgehead atoms. The molecular formula is C22H26N2O5. The summed E-state index contributed by atoms with van der Waals surface area (Å²) in [5.41, 5.74) is 0.957. The second-order valence-electron chi connectivity index (χ2n) is 7.45. The molecule has 0 unspecified atom stereocenters. The van der Waals surface area contributed by atoms with Crippen molar-refractivity contribution in [2.24, 2.45) is 0 Å². The fraction of sp³-hybridized carbons (Fsp3) is 0.318. The normalized spacial score (nSPS) is 11.9. The first kappa shape index (κ1) is 21.9. The summed E-state index contributed by atoms with van der Waals surface area (Å²) in [7, 11) is 1.28. The van der Waals surface area contributed by atoms with E-state index in [0.717, 1.165) is 5.56 Å². The third kappa shape index (κ3) is 7.29. The molecule has 0 aliphatic carbocycles. The summed E-state index contributed by atoms with van der Waals surface area (Å²) in [6.07, 6.45) is -0.318. The molecule has 7 nitrogen and oxygen atoms in total. The third-order valence-corrected chi connectivity index (χ3v) is 3.84. The lowest BCUT2D eigenvalue weighted by Gasteiger charge is -2.20. The van der Waals surface area contributed by atoms with E-state index in [9.17, 15) is 14.4 Å². The van der Waals surface area contributed by atoms with Crippen LogP contribution in [-0.2, 0) is 20.7 Å². The molecule has 7 heteroatoms. The summed E-state index contributed by atoms with van der Waals surface area (Å²) in [6.45, 7) is 5.28. The first-order chi connectivity index (χ1) is 13.7. The summed E-state index contributed by atoms with van der Waals surface area (Å²) in [6, 6.07) is 14.9. The Hall–Kier alpha value is -3.35. The number of carbonyl (C=O) groups excluding carboxylic acids is 3. The Labute approximate surface area is 170 Å². The molecule has 0 fully saturated rings. The average Bonchev–Trinajstić information content (AvgIpc) is 2.66. The molecule has 0 saturated carbocycles. The minimum Gasteiger partial charge on any atom is -0.467 e. The van der Waals surface area contributed by atoms with E-state index in [4.69, 9.17) is 9.47 Å². The van der Waals surface area contributed by atoms with Gasteiger partial charge in [0.1, 0.15) is 11.6 Å². The van der Waals surface area contributed by atoms with Gasteiger partial charge >= 0.3 is 12.1 Å². The number of amides is 2. The van der Waals surface area contributed by atoms with Gasteiger partial charge in [-0.3, -0.25) is 10.1 Å². The highest BCUT2D eigenvalue weighted by Crippen LogP contribution is 2.14. The van der Waals surface area contributed by atoms with E-state index in [-0.39, 0.29) is 0 Å². The summed E-state index contributed by atoms with van der Waals surface area (Å²) in [4.78, 5) is 36.7. The molecule has 2 amide bonds. The zero-order chi connectivity index (χ0) is 21.4. The number of hydrogen-bond donors (Lipinski definition) is 2. The van der Waals surface area contributed by atoms with Crippen LogP contribution in [0.15, 0.2) is 54.6 Å². The predicted octanol–water partition coefficient (Wildman–Crippen LogP) is 3.55. The highest BCUT2D eigenvalue weighted by Gasteiger charge is 2.23. The molecule has 0 radical (unpaired) electrons. The first-order valence-corrected chi connectivity index (χ1v) is 9.20. The first-order valence-electron chi connectivity index (χ1n) is 9.20. The summed E-state index contributed by atoms with van der Waals surface area (Å²) in [5.74, 6) is -0.991. The highest BCUT2D eigenvalue weighted by molar-refractivity contribution is 5.98. The van der Waals surface area contributed by atoms with E-state index >= 15 is 0 Å². The lowest BCUT2D eigenvalue weighted by molar-refractivity contribution is -0.142. The van der Waals surface area contributed by atoms with Crippen molar-refractivity contribution >= 4 is 23.7 Å². The number of hydrogen-bond acceptors (Lipinski definition) is 5. The van der Waals surface area contributed by atoms with E-state index in [1.807, 2.05) is 30.3 Å². The molecule has 29 heavy (non-hydrogen) atoms. The number of rotatable bonds is 6. The Morgan fingerprint density at radius 1 is 1.00 bits per heavy atom. The fourth-order valence-electron chi connectivity index (χ4n) is 2.59. The molecule has 2 N–H and O–H groups in total. The Bertz CT molecular complexity index is 859. The summed E-state index contributed by atoms with van der Waals surface area (Å²) < 4.78 is 10.0. The maximum Gasteiger partial charge on any atom is 0.412 e. The molecule has 2 rings (SSSR count). The molecule has 0 aliphatic heterocycles. The van der Waals surface area contributed by atoms with E-state index < -0.39 is 29.6 Å². The SMILES string of the molecule is COC(=O)[C@H](Cc1ccccc1)NC(=O)c1cccc(NC(=O)OC(C)(C)C)c1. The van der Waals surface area contributed by atoms with Gasteiger partial charge in [0, 0.05) is 17.7 Å². The van der Waals surface area contributed by atoms with Gasteiger partial charge in [0.25, 0.3) is 5.91 Å². The average molecular weight is 398 g/mol. The molecule has 2 aromatic carbocycles. The molecule has 0 spiro atoms. The second-order valence-corrected chi connectivity index (χ2v) is 7.45. The van der Waals surface area contributed by atoms with Crippen molar-refractivity contribution in [3.8, 4) is 0 Å². The van der Waals surface area contributed by atoms with Crippen molar-refractivity contribution in [3.05, 3.63) is 65.7 Å². The summed E-state index contributed by atoms with van der Waals surface area (Å²) in [5, 5.41) is 5.28. The zero-order valence-electron chi connectivity index (χ0n) is 17.0. The van der Waals surface area contributed by atoms with Crippen LogP contribution in [-0.4, -0.2) is 36.7 Å². The standard InChI is InChI=1S/C22H26N2O5/c1-22(2,3)29-21(27)23-17-12-8-11-16(14-17)19(25)24-18(20(26)28-4)13-15-9-6-5-7-10-15/h5-12,14,18H,13H2,1-4H3,(H,23,27)(H,24,25)/t18-/m0/s1. The number of methoxy groups -OCH3 is 1. The third-order valence-electron chi connectivity index (χ3n) is 3.84. The van der Waals surface area contributed by atoms with Crippen LogP contribution in [0.3, 0.4) is 0 Å². The van der Waals surface area contributed by atoms with Crippen molar-refractivity contribution < 1.29 is 23.9 Å². The lowest BCUT2D eigenvalue weighted by Crippen LogP contribution is -2.43. The van der Waals surface area contributed by atoms with Crippen LogP contribution < -0.4 is 10.6 Å². The monoisotopic (exact) mass is 398 g/mol. The topological polar surface area (TPSA) is 93.7 Å². The predicted molar refractivity (Wildman–Crippen MR) is 110 cm³/mol. The lowest BCUT2D eigenvalue weighted by atomic mass is 10.1. The molecule has 2 aromatic rings. The number of nitrogens with one attached hydrogen (secondary N) is 2. The fourth-order valence-corrected chi connectivity index (χ4v) is 2.59. The van der Waals surface area contributed by atoms with Crippen LogP contribution in [0.1, 0.15) is 36.7 Å². The van der Waals surface area contributed by atoms with Crippen LogP contribution in [0, 0.1) is 0 Å². The van der Waals surface area contributed by atoms with Crippen molar-refractivity contribution in [2.75, 3.05) is 12.4 Å². The van der Waals surface area contributed by atoms with Gasteiger partial charge in [0.05, 0.1) is 7.11 Å². The summed E-state index contributed by atoms with van der Waals surface area (Å²) >= 11 is 0. The molecule has 1 atom stereocenters. The van der Waals surface area contributed by atoms with Gasteiger partial charge in [-0.25, -0.2) is 9.59 Å². The van der Waals surface area contributed by atoms with Gasteiger partial charge in [0.15, 0.2) is 0 Å². The van der Waals surface area contributed by atoms with Crippen LogP contribution in [0.5, 0.6) is 0 Å². The Morgan fingerprint density at radius 2 is 1.69 bits per heavy atom. The molecule has 154 valence electrons. The molecule has 0 aliphatic rings. The van der Waals surface area contributed by atoms with Crippen molar-refractivity contribution in [2.45, 2.75) is 38.8 Å². The minimum atomic E-state index is -0.836. The number of anilines is 1. The second kappa shape index (κ2) is 9.73. The quantitative estimate of drug-likeness (QED) is 0.726. The maximum absolute atomic E-state index is 12.7. The van der Waals surface area contributed by atoms with E-state index in [0.29, 0.717) is 17.7 Å². The molecule has 0 heterocycles. The van der Waals surface area contributed by atoms with Crippen molar-refractivity contribution in [1.29, 1.82) is 0 Å². The van der Waals surface area contributed by atoms with Gasteiger partial charge in [-0.1, -0.05) is 36.4 Å².